The summed E-state index contributed by atoms with van der Waals surface area (Å²) in [5.74, 6) is 0. The van der Waals surface area contributed by atoms with Crippen LogP contribution >= 0.6 is 38.9 Å². The third-order valence-corrected chi connectivity index (χ3v) is 4.86. The summed E-state index contributed by atoms with van der Waals surface area (Å²) in [4.78, 5) is 1.31. The van der Waals surface area contributed by atoms with Crippen molar-refractivity contribution in [2.24, 2.45) is 5.41 Å². The van der Waals surface area contributed by atoms with Crippen molar-refractivity contribution in [2.45, 2.75) is 40.2 Å². The van der Waals surface area contributed by atoms with Gasteiger partial charge in [0.25, 0.3) is 0 Å². The lowest BCUT2D eigenvalue weighted by atomic mass is 9.87. The van der Waals surface area contributed by atoms with Crippen LogP contribution in [-0.4, -0.2) is 6.54 Å². The van der Waals surface area contributed by atoms with E-state index in [2.05, 4.69) is 55.0 Å². The average Bonchev–Trinajstić information content (AvgIpc) is 2.44. The van der Waals surface area contributed by atoms with E-state index in [0.29, 0.717) is 11.5 Å². The monoisotopic (exact) mass is 323 g/mol. The van der Waals surface area contributed by atoms with Crippen LogP contribution in [0, 0.1) is 5.41 Å². The molecule has 16 heavy (non-hydrogen) atoms. The molecule has 0 fully saturated rings. The molecular formula is C12H19BrClNS. The quantitative estimate of drug-likeness (QED) is 0.797. The van der Waals surface area contributed by atoms with Crippen LogP contribution < -0.4 is 5.32 Å². The van der Waals surface area contributed by atoms with Gasteiger partial charge >= 0.3 is 0 Å². The zero-order chi connectivity index (χ0) is 12.3. The first-order chi connectivity index (χ1) is 7.33. The minimum Gasteiger partial charge on any atom is -0.310 e. The Morgan fingerprint density at radius 3 is 2.50 bits per heavy atom. The predicted molar refractivity (Wildman–Crippen MR) is 77.5 cm³/mol. The minimum absolute atomic E-state index is 0.315. The van der Waals surface area contributed by atoms with Gasteiger partial charge in [-0.25, -0.2) is 0 Å². The smallest absolute Gasteiger partial charge is 0.107 e. The molecule has 0 aliphatic heterocycles. The highest BCUT2D eigenvalue weighted by Gasteiger charge is 2.21. The van der Waals surface area contributed by atoms with Crippen molar-refractivity contribution >= 4 is 38.9 Å². The van der Waals surface area contributed by atoms with Crippen LogP contribution in [-0.2, 0) is 0 Å². The van der Waals surface area contributed by atoms with Crippen molar-refractivity contribution < 1.29 is 0 Å². The zero-order valence-electron chi connectivity index (χ0n) is 10.2. The van der Waals surface area contributed by atoms with E-state index in [4.69, 9.17) is 11.6 Å². The number of halogens is 2. The second kappa shape index (κ2) is 5.85. The molecule has 0 aromatic carbocycles. The van der Waals surface area contributed by atoms with Crippen LogP contribution in [0.3, 0.4) is 0 Å². The fourth-order valence-corrected chi connectivity index (χ4v) is 3.48. The highest BCUT2D eigenvalue weighted by molar-refractivity contribution is 9.10. The van der Waals surface area contributed by atoms with Gasteiger partial charge in [-0.05, 0) is 40.4 Å². The van der Waals surface area contributed by atoms with E-state index in [9.17, 15) is 0 Å². The predicted octanol–water partition coefficient (Wildman–Crippen LogP) is 5.25. The third kappa shape index (κ3) is 4.36. The molecule has 1 nitrogen and oxygen atoms in total. The average molecular weight is 325 g/mol. The summed E-state index contributed by atoms with van der Waals surface area (Å²) in [6.07, 6.45) is 1.12. The lowest BCUT2D eigenvalue weighted by Gasteiger charge is -2.25. The molecule has 0 bridgehead atoms. The van der Waals surface area contributed by atoms with E-state index in [0.717, 1.165) is 21.8 Å². The maximum Gasteiger partial charge on any atom is 0.107 e. The Balaban J connectivity index is 2.85. The number of hydrogen-bond acceptors (Lipinski definition) is 2. The molecule has 4 heteroatoms. The second-order valence-electron chi connectivity index (χ2n) is 5.15. The summed E-state index contributed by atoms with van der Waals surface area (Å²) in [7, 11) is 0. The summed E-state index contributed by atoms with van der Waals surface area (Å²) >= 11 is 11.2. The van der Waals surface area contributed by atoms with Gasteiger partial charge in [0.05, 0.1) is 0 Å². The first-order valence-electron chi connectivity index (χ1n) is 5.51. The van der Waals surface area contributed by atoms with Crippen LogP contribution in [0.4, 0.5) is 0 Å². The van der Waals surface area contributed by atoms with E-state index < -0.39 is 0 Å². The third-order valence-electron chi connectivity index (χ3n) is 2.27. The number of nitrogens with one attached hydrogen (secondary N) is 1. The lowest BCUT2D eigenvalue weighted by Crippen LogP contribution is -2.24. The van der Waals surface area contributed by atoms with Crippen molar-refractivity contribution in [1.82, 2.24) is 5.32 Å². The Labute approximate surface area is 116 Å². The fourth-order valence-electron chi connectivity index (χ4n) is 1.67. The molecule has 0 spiro atoms. The Bertz CT molecular complexity index is 324. The summed E-state index contributed by atoms with van der Waals surface area (Å²) in [6, 6.07) is 2.53. The number of thiophene rings is 1. The molecule has 1 aromatic heterocycles. The maximum absolute atomic E-state index is 6.09. The topological polar surface area (TPSA) is 12.0 Å². The van der Waals surface area contributed by atoms with E-state index in [1.54, 1.807) is 11.3 Å². The van der Waals surface area contributed by atoms with Crippen molar-refractivity contribution in [2.75, 3.05) is 6.54 Å². The van der Waals surface area contributed by atoms with Crippen LogP contribution in [0.5, 0.6) is 0 Å². The van der Waals surface area contributed by atoms with E-state index >= 15 is 0 Å². The molecule has 1 N–H and O–H groups in total. The van der Waals surface area contributed by atoms with Crippen molar-refractivity contribution in [1.29, 1.82) is 0 Å². The van der Waals surface area contributed by atoms with Crippen LogP contribution in [0.15, 0.2) is 10.5 Å². The highest BCUT2D eigenvalue weighted by atomic mass is 79.9. The van der Waals surface area contributed by atoms with Gasteiger partial charge in [0, 0.05) is 15.4 Å². The van der Waals surface area contributed by atoms with Crippen molar-refractivity contribution in [3.8, 4) is 0 Å². The van der Waals surface area contributed by atoms with Crippen LogP contribution in [0.1, 0.15) is 45.0 Å². The molecule has 1 atom stereocenters. The van der Waals surface area contributed by atoms with Crippen molar-refractivity contribution in [3.05, 3.63) is 19.8 Å². The van der Waals surface area contributed by atoms with Gasteiger partial charge in [0.15, 0.2) is 0 Å². The molecule has 1 heterocycles. The maximum atomic E-state index is 6.09. The standard InChI is InChI=1S/C12H19BrClNS/c1-5-15-9(7-12(2,3)4)10-6-8(13)11(14)16-10/h6,9,15H,5,7H2,1-4H3. The summed E-state index contributed by atoms with van der Waals surface area (Å²) in [6.45, 7) is 9.92. The van der Waals surface area contributed by atoms with Gasteiger partial charge in [-0.15, -0.1) is 11.3 Å². The molecule has 1 unspecified atom stereocenters. The molecule has 0 amide bonds. The molecule has 0 saturated carbocycles. The molecule has 92 valence electrons. The zero-order valence-corrected chi connectivity index (χ0v) is 13.4. The SMILES string of the molecule is CCNC(CC(C)(C)C)c1cc(Br)c(Cl)s1. The Morgan fingerprint density at radius 2 is 2.12 bits per heavy atom. The molecule has 1 aromatic rings. The Morgan fingerprint density at radius 1 is 1.50 bits per heavy atom. The van der Waals surface area contributed by atoms with Crippen LogP contribution in [0.25, 0.3) is 0 Å². The molecule has 0 aliphatic rings. The molecule has 0 aliphatic carbocycles. The minimum atomic E-state index is 0.315. The van der Waals surface area contributed by atoms with E-state index in [-0.39, 0.29) is 0 Å². The molecule has 0 saturated heterocycles. The Hall–Kier alpha value is 0.430. The summed E-state index contributed by atoms with van der Waals surface area (Å²) in [5, 5.41) is 3.53. The fraction of sp³-hybridized carbons (Fsp3) is 0.667. The normalized spacial score (nSPS) is 14.1. The summed E-state index contributed by atoms with van der Waals surface area (Å²) in [5.41, 5.74) is 0.315. The molecule has 1 rings (SSSR count). The van der Waals surface area contributed by atoms with Gasteiger partial charge in [-0.2, -0.15) is 0 Å². The van der Waals surface area contributed by atoms with Gasteiger partial charge in [0.1, 0.15) is 4.34 Å². The number of hydrogen-bond donors (Lipinski definition) is 1. The van der Waals surface area contributed by atoms with Gasteiger partial charge < -0.3 is 5.32 Å². The van der Waals surface area contributed by atoms with Gasteiger partial charge in [0.2, 0.25) is 0 Å². The first-order valence-corrected chi connectivity index (χ1v) is 7.50. The summed E-state index contributed by atoms with van der Waals surface area (Å²) < 4.78 is 1.85. The largest absolute Gasteiger partial charge is 0.310 e. The second-order valence-corrected chi connectivity index (χ2v) is 7.69. The highest BCUT2D eigenvalue weighted by Crippen LogP contribution is 2.38. The lowest BCUT2D eigenvalue weighted by molar-refractivity contribution is 0.316. The van der Waals surface area contributed by atoms with Crippen molar-refractivity contribution in [3.63, 3.8) is 0 Å². The number of rotatable bonds is 4. The van der Waals surface area contributed by atoms with Gasteiger partial charge in [-0.1, -0.05) is 39.3 Å². The first kappa shape index (κ1) is 14.5. The Kier molecular flexibility index (Phi) is 5.30. The van der Waals surface area contributed by atoms with Crippen LogP contribution in [0.2, 0.25) is 4.34 Å². The molecule has 0 radical (unpaired) electrons. The van der Waals surface area contributed by atoms with E-state index in [1.165, 1.54) is 4.88 Å². The van der Waals surface area contributed by atoms with E-state index in [1.807, 2.05) is 0 Å². The molecular weight excluding hydrogens is 306 g/mol. The van der Waals surface area contributed by atoms with Gasteiger partial charge in [-0.3, -0.25) is 0 Å².